The fourth-order valence-electron chi connectivity index (χ4n) is 0.746. The molecular weight excluding hydrogens is 173 g/mol. The molecule has 0 atom stereocenters. The molecule has 0 saturated carbocycles. The molecule has 0 aliphatic heterocycles. The van der Waals surface area contributed by atoms with E-state index in [4.69, 9.17) is 11.6 Å². The van der Waals surface area contributed by atoms with E-state index in [0.717, 1.165) is 0 Å². The van der Waals surface area contributed by atoms with Gasteiger partial charge in [0.1, 0.15) is 0 Å². The van der Waals surface area contributed by atoms with Gasteiger partial charge in [0, 0.05) is 0 Å². The van der Waals surface area contributed by atoms with Crippen molar-refractivity contribution in [3.8, 4) is 0 Å². The summed E-state index contributed by atoms with van der Waals surface area (Å²) in [6.07, 6.45) is 1.20. The molecule has 62 valence electrons. The van der Waals surface area contributed by atoms with Crippen molar-refractivity contribution in [3.63, 3.8) is 0 Å². The Morgan fingerprint density at radius 3 is 2.75 bits per heavy atom. The van der Waals surface area contributed by atoms with E-state index in [1.165, 1.54) is 6.08 Å². The summed E-state index contributed by atoms with van der Waals surface area (Å²) in [7, 11) is 0. The van der Waals surface area contributed by atoms with Gasteiger partial charge in [0.05, 0.1) is 10.7 Å². The van der Waals surface area contributed by atoms with Gasteiger partial charge < -0.3 is 5.32 Å². The molecule has 12 heavy (non-hydrogen) atoms. The van der Waals surface area contributed by atoms with Gasteiger partial charge in [0.15, 0.2) is 0 Å². The first-order chi connectivity index (χ1) is 5.74. The lowest BCUT2D eigenvalue weighted by molar-refractivity contribution is -0.111. The number of hydrogen-bond acceptors (Lipinski definition) is 1. The van der Waals surface area contributed by atoms with Crippen molar-refractivity contribution in [1.29, 1.82) is 0 Å². The van der Waals surface area contributed by atoms with Gasteiger partial charge in [-0.25, -0.2) is 0 Å². The highest BCUT2D eigenvalue weighted by Crippen LogP contribution is 2.19. The maximum absolute atomic E-state index is 10.8. The Bertz CT molecular complexity index is 309. The zero-order valence-corrected chi connectivity index (χ0v) is 7.14. The van der Waals surface area contributed by atoms with Crippen LogP contribution in [0.4, 0.5) is 5.69 Å². The number of nitrogens with one attached hydrogen (secondary N) is 1. The summed E-state index contributed by atoms with van der Waals surface area (Å²) in [5, 5.41) is 3.09. The van der Waals surface area contributed by atoms with Crippen LogP contribution in [-0.4, -0.2) is 5.91 Å². The van der Waals surface area contributed by atoms with Gasteiger partial charge >= 0.3 is 0 Å². The minimum absolute atomic E-state index is 0.261. The van der Waals surface area contributed by atoms with Gasteiger partial charge in [-0.05, 0) is 18.2 Å². The number of rotatable bonds is 2. The number of hydrogen-bond donors (Lipinski definition) is 1. The Kier molecular flexibility index (Phi) is 2.88. The molecule has 0 radical (unpaired) electrons. The predicted molar refractivity (Wildman–Crippen MR) is 50.3 cm³/mol. The summed E-state index contributed by atoms with van der Waals surface area (Å²) in [5.41, 5.74) is 0.601. The summed E-state index contributed by atoms with van der Waals surface area (Å²) >= 11 is 5.78. The second-order valence-electron chi connectivity index (χ2n) is 2.17. The Morgan fingerprint density at radius 1 is 1.50 bits per heavy atom. The highest BCUT2D eigenvalue weighted by atomic mass is 35.5. The normalized spacial score (nSPS) is 9.08. The van der Waals surface area contributed by atoms with Crippen molar-refractivity contribution in [1.82, 2.24) is 0 Å². The summed E-state index contributed by atoms with van der Waals surface area (Å²) in [4.78, 5) is 10.8. The fourth-order valence-corrected chi connectivity index (χ4v) is 0.929. The third kappa shape index (κ3) is 2.10. The van der Waals surface area contributed by atoms with Crippen molar-refractivity contribution < 1.29 is 4.79 Å². The van der Waals surface area contributed by atoms with Gasteiger partial charge in [-0.3, -0.25) is 4.79 Å². The number of amides is 1. The van der Waals surface area contributed by atoms with Crippen LogP contribution < -0.4 is 5.32 Å². The zero-order chi connectivity index (χ0) is 8.97. The summed E-state index contributed by atoms with van der Waals surface area (Å²) in [6, 6.07) is 7.03. The Morgan fingerprint density at radius 2 is 2.17 bits per heavy atom. The van der Waals surface area contributed by atoms with Crippen LogP contribution in [-0.2, 0) is 4.79 Å². The lowest BCUT2D eigenvalue weighted by atomic mass is 10.0. The summed E-state index contributed by atoms with van der Waals surface area (Å²) in [5.74, 6) is -0.261. The van der Waals surface area contributed by atoms with Crippen LogP contribution >= 0.6 is 11.6 Å². The third-order valence-electron chi connectivity index (χ3n) is 1.32. The summed E-state index contributed by atoms with van der Waals surface area (Å²) < 4.78 is 0. The van der Waals surface area contributed by atoms with E-state index in [2.05, 4.69) is 11.9 Å². The highest BCUT2D eigenvalue weighted by molar-refractivity contribution is 6.33. The first-order valence-electron chi connectivity index (χ1n) is 3.42. The molecule has 0 saturated heterocycles. The molecule has 2 nitrogen and oxygen atoms in total. The van der Waals surface area contributed by atoms with Crippen LogP contribution in [0.1, 0.15) is 0 Å². The van der Waals surface area contributed by atoms with E-state index in [1.54, 1.807) is 24.3 Å². The smallest absolute Gasteiger partial charge is 0.247 e. The SMILES string of the molecule is C=C[11C](=O)Nc1ccccc1Cl. The Hall–Kier alpha value is -1.28. The van der Waals surface area contributed by atoms with Crippen LogP contribution in [0, 0.1) is 0 Å². The number of carbonyl (C=O) groups excluding carboxylic acids is 1. The van der Waals surface area contributed by atoms with Crippen LogP contribution in [0.3, 0.4) is 0 Å². The molecular formula is C9H8ClNO. The van der Waals surface area contributed by atoms with E-state index in [9.17, 15) is 4.79 Å². The van der Waals surface area contributed by atoms with E-state index in [-0.39, 0.29) is 5.91 Å². The molecule has 0 aromatic heterocycles. The van der Waals surface area contributed by atoms with Crippen molar-refractivity contribution in [2.45, 2.75) is 0 Å². The second-order valence-corrected chi connectivity index (χ2v) is 2.58. The average Bonchev–Trinajstić information content (AvgIpc) is 2.09. The van der Waals surface area contributed by atoms with Gasteiger partial charge in [-0.1, -0.05) is 30.3 Å². The third-order valence-corrected chi connectivity index (χ3v) is 1.65. The minimum Gasteiger partial charge on any atom is -0.321 e. The molecule has 0 aliphatic carbocycles. The van der Waals surface area contributed by atoms with Gasteiger partial charge in [0.25, 0.3) is 0 Å². The number of carbonyl (C=O) groups is 1. The summed E-state index contributed by atoms with van der Waals surface area (Å²) in [6.45, 7) is 3.33. The maximum atomic E-state index is 10.8. The molecule has 0 heterocycles. The van der Waals surface area contributed by atoms with Crippen molar-refractivity contribution in [3.05, 3.63) is 41.9 Å². The molecule has 1 rings (SSSR count). The van der Waals surface area contributed by atoms with E-state index < -0.39 is 0 Å². The topological polar surface area (TPSA) is 29.1 Å². The van der Waals surface area contributed by atoms with Crippen LogP contribution in [0.15, 0.2) is 36.9 Å². The van der Waals surface area contributed by atoms with Crippen molar-refractivity contribution in [2.75, 3.05) is 5.32 Å². The lowest BCUT2D eigenvalue weighted by Gasteiger charge is -2.02. The molecule has 0 spiro atoms. The highest BCUT2D eigenvalue weighted by Gasteiger charge is 1.99. The van der Waals surface area contributed by atoms with Crippen LogP contribution in [0.5, 0.6) is 0 Å². The number of anilines is 1. The quantitative estimate of drug-likeness (QED) is 0.696. The number of halogens is 1. The minimum atomic E-state index is -0.261. The van der Waals surface area contributed by atoms with Crippen molar-refractivity contribution in [2.24, 2.45) is 0 Å². The number of para-hydroxylation sites is 1. The molecule has 0 bridgehead atoms. The molecule has 0 fully saturated rings. The van der Waals surface area contributed by atoms with E-state index >= 15 is 0 Å². The maximum Gasteiger partial charge on any atom is 0.247 e. The van der Waals surface area contributed by atoms with Gasteiger partial charge in [-0.2, -0.15) is 0 Å². The lowest BCUT2D eigenvalue weighted by Crippen LogP contribution is -2.07. The van der Waals surface area contributed by atoms with E-state index in [0.29, 0.717) is 10.7 Å². The molecule has 0 unspecified atom stereocenters. The van der Waals surface area contributed by atoms with Crippen LogP contribution in [0.25, 0.3) is 0 Å². The van der Waals surface area contributed by atoms with E-state index in [1.807, 2.05) is 0 Å². The molecule has 1 amide bonds. The van der Waals surface area contributed by atoms with Gasteiger partial charge in [0.2, 0.25) is 5.91 Å². The average molecular weight is 181 g/mol. The zero-order valence-electron chi connectivity index (χ0n) is 6.38. The first kappa shape index (κ1) is 8.81. The standard InChI is InChI=1S/C9H8ClNO/c1-2-9(12)11-8-6-4-3-5-7(8)10/h2-6H,1H2,(H,11,12)/i9-1. The Balaban J connectivity index is 2.82. The molecule has 1 aromatic rings. The predicted octanol–water partition coefficient (Wildman–Crippen LogP) is 2.46. The fraction of sp³-hybridized carbons (Fsp3) is 0. The van der Waals surface area contributed by atoms with Crippen molar-refractivity contribution >= 4 is 23.2 Å². The second kappa shape index (κ2) is 3.93. The molecule has 1 aromatic carbocycles. The first-order valence-corrected chi connectivity index (χ1v) is 3.80. The largest absolute Gasteiger partial charge is 0.321 e. The Labute approximate surface area is 75.9 Å². The number of benzene rings is 1. The molecule has 0 aliphatic rings. The molecule has 1 N–H and O–H groups in total. The van der Waals surface area contributed by atoms with Crippen LogP contribution in [0.2, 0.25) is 5.02 Å². The van der Waals surface area contributed by atoms with Gasteiger partial charge in [-0.15, -0.1) is 0 Å². The monoisotopic (exact) mass is 180 g/mol. The molecule has 3 heteroatoms.